The molecule has 0 aromatic carbocycles. The van der Waals surface area contributed by atoms with Crippen molar-refractivity contribution in [2.75, 3.05) is 0 Å². The van der Waals surface area contributed by atoms with Crippen LogP contribution >= 0.6 is 0 Å². The fraction of sp³-hybridized carbons (Fsp3) is 0. The monoisotopic (exact) mass is 263 g/mol. The van der Waals surface area contributed by atoms with Gasteiger partial charge in [0, 0.05) is 25.4 Å². The maximum Gasteiger partial charge on any atom is 0.144 e. The summed E-state index contributed by atoms with van der Waals surface area (Å²) in [4.78, 5) is 0. The molecule has 1 aromatic heterocycles. The van der Waals surface area contributed by atoms with Crippen LogP contribution in [-0.4, -0.2) is 10.4 Å². The summed E-state index contributed by atoms with van der Waals surface area (Å²) in [6, 6.07) is 0. The molecule has 0 N–H and O–H groups in total. The summed E-state index contributed by atoms with van der Waals surface area (Å²) < 4.78 is 4.22. The molecule has 4 heteroatoms. The molecule has 0 amide bonds. The Hall–Kier alpha value is -0.211. The van der Waals surface area contributed by atoms with Gasteiger partial charge in [0.05, 0.1) is 6.20 Å². The molecule has 0 aliphatic heterocycles. The molecule has 0 unspecified atom stereocenters. The van der Waals surface area contributed by atoms with Crippen LogP contribution in [0.5, 0.6) is 0 Å². The van der Waals surface area contributed by atoms with Gasteiger partial charge >= 0.3 is 0 Å². The van der Waals surface area contributed by atoms with Crippen LogP contribution in [0.1, 0.15) is 0 Å². The Bertz CT molecular complexity index is 68.0. The molecular weight excluding hydrogens is 260 g/mol. The van der Waals surface area contributed by atoms with Crippen LogP contribution in [0.25, 0.3) is 0 Å². The van der Waals surface area contributed by atoms with Crippen molar-refractivity contribution in [3.05, 3.63) is 12.5 Å². The molecule has 0 saturated heterocycles. The second-order valence-corrected chi connectivity index (χ2v) is 0.588. The van der Waals surface area contributed by atoms with E-state index in [4.69, 9.17) is 0 Å². The molecule has 1 rings (SSSR count). The van der Waals surface area contributed by atoms with Crippen LogP contribution in [0, 0.1) is 0 Å². The van der Waals surface area contributed by atoms with Crippen molar-refractivity contribution in [1.82, 2.24) is 10.4 Å². The van der Waals surface area contributed by atoms with Gasteiger partial charge in [0.1, 0.15) is 6.26 Å². The standard InChI is InChI=1S/C2H2N2O.Ir/c1-2-5-4-3-1;/h1-2H;. The summed E-state index contributed by atoms with van der Waals surface area (Å²) in [6.07, 6.45) is 2.88. The van der Waals surface area contributed by atoms with E-state index in [1.807, 2.05) is 0 Å². The Kier molecular flexibility index (Phi) is 2.89. The van der Waals surface area contributed by atoms with Gasteiger partial charge in [0.15, 0.2) is 0 Å². The minimum atomic E-state index is 0. The summed E-state index contributed by atoms with van der Waals surface area (Å²) in [7, 11) is 0. The molecule has 6 heavy (non-hydrogen) atoms. The molecule has 0 aliphatic carbocycles. The van der Waals surface area contributed by atoms with E-state index < -0.39 is 0 Å². The molecule has 0 spiro atoms. The zero-order valence-corrected chi connectivity index (χ0v) is 5.19. The molecule has 1 heterocycles. The third-order valence-electron chi connectivity index (χ3n) is 0.283. The molecule has 3 nitrogen and oxygen atoms in total. The minimum Gasteiger partial charge on any atom is -0.346 e. The van der Waals surface area contributed by atoms with E-state index in [1.165, 1.54) is 12.5 Å². The van der Waals surface area contributed by atoms with E-state index >= 15 is 0 Å². The van der Waals surface area contributed by atoms with E-state index in [1.54, 1.807) is 0 Å². The maximum atomic E-state index is 4.22. The first-order valence-electron chi connectivity index (χ1n) is 1.21. The molecule has 1 radical (unpaired) electrons. The topological polar surface area (TPSA) is 38.9 Å². The van der Waals surface area contributed by atoms with Gasteiger partial charge in [-0.15, -0.1) is 5.10 Å². The normalized spacial score (nSPS) is 6.67. The van der Waals surface area contributed by atoms with Gasteiger partial charge < -0.3 is 4.52 Å². The van der Waals surface area contributed by atoms with E-state index in [-0.39, 0.29) is 20.1 Å². The number of hydrogen-bond donors (Lipinski definition) is 0. The van der Waals surface area contributed by atoms with E-state index in [2.05, 4.69) is 14.9 Å². The first-order chi connectivity index (χ1) is 2.50. The SMILES string of the molecule is [Ir].c1conn1. The molecule has 1 aromatic rings. The van der Waals surface area contributed by atoms with Crippen molar-refractivity contribution in [2.24, 2.45) is 0 Å². The number of aromatic nitrogens is 2. The molecule has 0 saturated carbocycles. The second kappa shape index (κ2) is 3.00. The third kappa shape index (κ3) is 1.29. The molecule has 0 atom stereocenters. The number of hydrogen-bond acceptors (Lipinski definition) is 3. The fourth-order valence-corrected chi connectivity index (χ4v) is 0.136. The third-order valence-corrected chi connectivity index (χ3v) is 0.283. The largest absolute Gasteiger partial charge is 0.346 e. The minimum absolute atomic E-state index is 0. The van der Waals surface area contributed by atoms with Gasteiger partial charge in [-0.25, -0.2) is 0 Å². The van der Waals surface area contributed by atoms with Crippen LogP contribution in [0.15, 0.2) is 17.0 Å². The molecule has 35 valence electrons. The van der Waals surface area contributed by atoms with Crippen molar-refractivity contribution in [2.45, 2.75) is 0 Å². The molecule has 0 bridgehead atoms. The average molecular weight is 262 g/mol. The van der Waals surface area contributed by atoms with Crippen molar-refractivity contribution >= 4 is 0 Å². The summed E-state index contributed by atoms with van der Waals surface area (Å²) in [5.74, 6) is 0. The van der Waals surface area contributed by atoms with Crippen LogP contribution < -0.4 is 0 Å². The summed E-state index contributed by atoms with van der Waals surface area (Å²) >= 11 is 0. The van der Waals surface area contributed by atoms with Gasteiger partial charge in [0.2, 0.25) is 0 Å². The fourth-order valence-electron chi connectivity index (χ4n) is 0.136. The molecule has 0 aliphatic rings. The Morgan fingerprint density at radius 3 is 2.50 bits per heavy atom. The predicted octanol–water partition coefficient (Wildman–Crippen LogP) is 0.0671. The molecular formula is C2H2IrN2O. The number of nitrogens with zero attached hydrogens (tertiary/aromatic N) is 2. The first kappa shape index (κ1) is 5.79. The van der Waals surface area contributed by atoms with Crippen LogP contribution in [0.3, 0.4) is 0 Å². The Morgan fingerprint density at radius 1 is 1.50 bits per heavy atom. The quantitative estimate of drug-likeness (QED) is 0.664. The number of rotatable bonds is 0. The summed E-state index contributed by atoms with van der Waals surface area (Å²) in [6.45, 7) is 0. The van der Waals surface area contributed by atoms with Gasteiger partial charge in [-0.3, -0.25) is 0 Å². The summed E-state index contributed by atoms with van der Waals surface area (Å²) in [5, 5.41) is 6.40. The van der Waals surface area contributed by atoms with E-state index in [9.17, 15) is 0 Å². The maximum absolute atomic E-state index is 4.22. The van der Waals surface area contributed by atoms with Gasteiger partial charge in [-0.1, -0.05) is 0 Å². The first-order valence-corrected chi connectivity index (χ1v) is 1.21. The van der Waals surface area contributed by atoms with Crippen molar-refractivity contribution < 1.29 is 24.6 Å². The van der Waals surface area contributed by atoms with Gasteiger partial charge in [0.25, 0.3) is 0 Å². The summed E-state index contributed by atoms with van der Waals surface area (Å²) in [5.41, 5.74) is 0. The van der Waals surface area contributed by atoms with Crippen LogP contribution in [0.2, 0.25) is 0 Å². The molecule has 0 fully saturated rings. The van der Waals surface area contributed by atoms with E-state index in [0.29, 0.717) is 0 Å². The zero-order chi connectivity index (χ0) is 3.54. The van der Waals surface area contributed by atoms with Gasteiger partial charge in [-0.05, 0) is 0 Å². The van der Waals surface area contributed by atoms with Gasteiger partial charge in [-0.2, -0.15) is 0 Å². The van der Waals surface area contributed by atoms with Crippen molar-refractivity contribution in [3.63, 3.8) is 0 Å². The average Bonchev–Trinajstić information content (AvgIpc) is 1.76. The van der Waals surface area contributed by atoms with Crippen LogP contribution in [0.4, 0.5) is 0 Å². The smallest absolute Gasteiger partial charge is 0.144 e. The van der Waals surface area contributed by atoms with Crippen molar-refractivity contribution in [3.8, 4) is 0 Å². The van der Waals surface area contributed by atoms with Crippen LogP contribution in [-0.2, 0) is 20.1 Å². The zero-order valence-electron chi connectivity index (χ0n) is 2.79. The second-order valence-electron chi connectivity index (χ2n) is 0.588. The Morgan fingerprint density at radius 2 is 2.33 bits per heavy atom. The Balaban J connectivity index is 0.000000250. The predicted molar refractivity (Wildman–Crippen MR) is 14.3 cm³/mol. The van der Waals surface area contributed by atoms with Crippen molar-refractivity contribution in [1.29, 1.82) is 0 Å². The Labute approximate surface area is 48.1 Å². The van der Waals surface area contributed by atoms with E-state index in [0.717, 1.165) is 0 Å².